The summed E-state index contributed by atoms with van der Waals surface area (Å²) in [6.45, 7) is 5.09. The number of nitrogens with zero attached hydrogens (tertiary/aromatic N) is 1. The van der Waals surface area contributed by atoms with Gasteiger partial charge in [-0.2, -0.15) is 0 Å². The normalized spacial score (nSPS) is 25.7. The third-order valence-electron chi connectivity index (χ3n) is 3.61. The number of hydrogen-bond acceptors (Lipinski definition) is 2. The van der Waals surface area contributed by atoms with Gasteiger partial charge >= 0.3 is 0 Å². The summed E-state index contributed by atoms with van der Waals surface area (Å²) in [5.41, 5.74) is 6.80. The first-order valence-corrected chi connectivity index (χ1v) is 6.46. The van der Waals surface area contributed by atoms with Gasteiger partial charge in [-0.05, 0) is 50.9 Å². The van der Waals surface area contributed by atoms with Gasteiger partial charge in [0, 0.05) is 18.2 Å². The predicted molar refractivity (Wildman–Crippen MR) is 68.2 cm³/mol. The van der Waals surface area contributed by atoms with Crippen molar-refractivity contribution >= 4 is 0 Å². The molecule has 1 heterocycles. The Morgan fingerprint density at radius 3 is 2.39 bits per heavy atom. The minimum atomic E-state index is -0.536. The first-order valence-electron chi connectivity index (χ1n) is 6.46. The van der Waals surface area contributed by atoms with Gasteiger partial charge in [-0.15, -0.1) is 0 Å². The third-order valence-corrected chi connectivity index (χ3v) is 3.61. The van der Waals surface area contributed by atoms with Crippen LogP contribution >= 0.6 is 0 Å². The van der Waals surface area contributed by atoms with E-state index in [0.717, 1.165) is 25.5 Å². The molecule has 0 amide bonds. The Morgan fingerprint density at radius 2 is 1.83 bits per heavy atom. The lowest BCUT2D eigenvalue weighted by Crippen LogP contribution is -2.48. The zero-order chi connectivity index (χ0) is 13.3. The Morgan fingerprint density at radius 1 is 1.22 bits per heavy atom. The molecule has 2 atom stereocenters. The van der Waals surface area contributed by atoms with Gasteiger partial charge in [0.2, 0.25) is 0 Å². The molecule has 4 heteroatoms. The molecule has 1 aliphatic rings. The zero-order valence-electron chi connectivity index (χ0n) is 10.9. The number of piperidine rings is 1. The molecular formula is C14H20F2N2. The van der Waals surface area contributed by atoms with Crippen LogP contribution in [0.1, 0.15) is 38.3 Å². The van der Waals surface area contributed by atoms with Crippen molar-refractivity contribution in [2.24, 2.45) is 5.73 Å². The zero-order valence-corrected chi connectivity index (χ0v) is 10.9. The average Bonchev–Trinajstić information content (AvgIpc) is 2.26. The second-order valence-electron chi connectivity index (χ2n) is 5.29. The fraction of sp³-hybridized carbons (Fsp3) is 0.571. The monoisotopic (exact) mass is 254 g/mol. The van der Waals surface area contributed by atoms with Crippen LogP contribution in [0.25, 0.3) is 0 Å². The minimum absolute atomic E-state index is 0.0673. The number of halogens is 2. The molecule has 0 bridgehead atoms. The smallest absolute Gasteiger partial charge is 0.126 e. The molecule has 1 saturated heterocycles. The van der Waals surface area contributed by atoms with Crippen molar-refractivity contribution in [3.05, 3.63) is 35.4 Å². The van der Waals surface area contributed by atoms with E-state index in [1.165, 1.54) is 12.1 Å². The van der Waals surface area contributed by atoms with Crippen molar-refractivity contribution in [2.75, 3.05) is 6.54 Å². The lowest BCUT2D eigenvalue weighted by molar-refractivity contribution is 0.0943. The van der Waals surface area contributed by atoms with E-state index in [-0.39, 0.29) is 12.1 Å². The highest BCUT2D eigenvalue weighted by Gasteiger charge is 2.32. The Labute approximate surface area is 107 Å². The van der Waals surface area contributed by atoms with Crippen molar-refractivity contribution in [3.63, 3.8) is 0 Å². The Kier molecular flexibility index (Phi) is 3.97. The highest BCUT2D eigenvalue weighted by atomic mass is 19.1. The van der Waals surface area contributed by atoms with E-state index in [9.17, 15) is 8.78 Å². The van der Waals surface area contributed by atoms with E-state index >= 15 is 0 Å². The summed E-state index contributed by atoms with van der Waals surface area (Å²) < 4.78 is 26.7. The second kappa shape index (κ2) is 5.33. The lowest BCUT2D eigenvalue weighted by atomic mass is 9.90. The molecule has 2 nitrogen and oxygen atoms in total. The largest absolute Gasteiger partial charge is 0.326 e. The average molecular weight is 254 g/mol. The van der Waals surface area contributed by atoms with Crippen LogP contribution in [0.15, 0.2) is 18.2 Å². The first-order chi connectivity index (χ1) is 8.49. The third kappa shape index (κ3) is 2.70. The first kappa shape index (κ1) is 13.4. The maximum Gasteiger partial charge on any atom is 0.126 e. The number of nitrogens with two attached hydrogens (primary N) is 1. The van der Waals surface area contributed by atoms with Crippen LogP contribution in [-0.4, -0.2) is 23.5 Å². The molecule has 1 aromatic rings. The second-order valence-corrected chi connectivity index (χ2v) is 5.29. The van der Waals surface area contributed by atoms with Crippen LogP contribution in [0.4, 0.5) is 8.78 Å². The summed E-state index contributed by atoms with van der Waals surface area (Å²) in [6.07, 6.45) is 1.93. The van der Waals surface area contributed by atoms with E-state index in [1.54, 1.807) is 0 Å². The van der Waals surface area contributed by atoms with Crippen LogP contribution in [0.3, 0.4) is 0 Å². The molecule has 0 spiro atoms. The molecule has 100 valence electrons. The van der Waals surface area contributed by atoms with Crippen LogP contribution in [0, 0.1) is 11.6 Å². The molecular weight excluding hydrogens is 234 g/mol. The number of likely N-dealkylation sites (tertiary alicyclic amines) is 1. The number of benzene rings is 1. The highest BCUT2D eigenvalue weighted by Crippen LogP contribution is 2.32. The standard InChI is InChI=1S/C14H20F2N2/c1-9(2)18-5-3-4-13(17)14(18)10-6-11(15)8-12(16)7-10/h6-9,13-14H,3-5,17H2,1-2H3. The van der Waals surface area contributed by atoms with Crippen molar-refractivity contribution < 1.29 is 8.78 Å². The van der Waals surface area contributed by atoms with Crippen molar-refractivity contribution in [2.45, 2.75) is 44.8 Å². The molecule has 18 heavy (non-hydrogen) atoms. The van der Waals surface area contributed by atoms with Gasteiger partial charge in [-0.3, -0.25) is 4.90 Å². The van der Waals surface area contributed by atoms with Gasteiger partial charge in [-0.1, -0.05) is 0 Å². The molecule has 0 aromatic heterocycles. The minimum Gasteiger partial charge on any atom is -0.326 e. The van der Waals surface area contributed by atoms with Crippen LogP contribution in [0.5, 0.6) is 0 Å². The molecule has 0 aliphatic carbocycles. The molecule has 0 saturated carbocycles. The Hall–Kier alpha value is -1.00. The Balaban J connectivity index is 2.37. The van der Waals surface area contributed by atoms with Gasteiger partial charge in [-0.25, -0.2) is 8.78 Å². The van der Waals surface area contributed by atoms with Crippen molar-refractivity contribution in [1.82, 2.24) is 4.90 Å². The summed E-state index contributed by atoms with van der Waals surface area (Å²) >= 11 is 0. The van der Waals surface area contributed by atoms with E-state index in [1.807, 2.05) is 0 Å². The van der Waals surface area contributed by atoms with E-state index in [2.05, 4.69) is 18.7 Å². The topological polar surface area (TPSA) is 29.3 Å². The summed E-state index contributed by atoms with van der Waals surface area (Å²) in [5, 5.41) is 0. The molecule has 1 aliphatic heterocycles. The molecule has 1 fully saturated rings. The van der Waals surface area contributed by atoms with Gasteiger partial charge in [0.25, 0.3) is 0 Å². The fourth-order valence-corrected chi connectivity index (χ4v) is 2.82. The van der Waals surface area contributed by atoms with E-state index < -0.39 is 11.6 Å². The quantitative estimate of drug-likeness (QED) is 0.879. The van der Waals surface area contributed by atoms with Crippen molar-refractivity contribution in [3.8, 4) is 0 Å². The molecule has 1 aromatic carbocycles. The number of rotatable bonds is 2. The molecule has 0 radical (unpaired) electrons. The predicted octanol–water partition coefficient (Wildman–Crippen LogP) is 2.84. The maximum absolute atomic E-state index is 13.3. The van der Waals surface area contributed by atoms with E-state index in [4.69, 9.17) is 5.73 Å². The van der Waals surface area contributed by atoms with Gasteiger partial charge in [0.05, 0.1) is 6.04 Å². The highest BCUT2D eigenvalue weighted by molar-refractivity contribution is 5.24. The fourth-order valence-electron chi connectivity index (χ4n) is 2.82. The SMILES string of the molecule is CC(C)N1CCCC(N)C1c1cc(F)cc(F)c1. The van der Waals surface area contributed by atoms with Crippen molar-refractivity contribution in [1.29, 1.82) is 0 Å². The van der Waals surface area contributed by atoms with E-state index in [0.29, 0.717) is 11.6 Å². The van der Waals surface area contributed by atoms with Gasteiger partial charge < -0.3 is 5.73 Å². The Bertz CT molecular complexity index is 400. The van der Waals surface area contributed by atoms with Crippen LogP contribution in [0.2, 0.25) is 0 Å². The van der Waals surface area contributed by atoms with Gasteiger partial charge in [0.1, 0.15) is 11.6 Å². The molecule has 2 N–H and O–H groups in total. The molecule has 2 unspecified atom stereocenters. The summed E-state index contributed by atoms with van der Waals surface area (Å²) in [5.74, 6) is -1.07. The lowest BCUT2D eigenvalue weighted by Gasteiger charge is -2.42. The summed E-state index contributed by atoms with van der Waals surface area (Å²) in [6, 6.07) is 3.85. The van der Waals surface area contributed by atoms with Crippen LogP contribution in [-0.2, 0) is 0 Å². The number of hydrogen-bond donors (Lipinski definition) is 1. The maximum atomic E-state index is 13.3. The van der Waals surface area contributed by atoms with Crippen LogP contribution < -0.4 is 5.73 Å². The summed E-state index contributed by atoms with van der Waals surface area (Å²) in [4.78, 5) is 2.22. The molecule has 2 rings (SSSR count). The van der Waals surface area contributed by atoms with Gasteiger partial charge in [0.15, 0.2) is 0 Å². The summed E-state index contributed by atoms with van der Waals surface area (Å²) in [7, 11) is 0.